The van der Waals surface area contributed by atoms with Crippen LogP contribution in [0.5, 0.6) is 0 Å². The number of pyridine rings is 1. The number of imidazole rings is 1. The van der Waals surface area contributed by atoms with Gasteiger partial charge in [0.1, 0.15) is 5.52 Å². The number of nitrogen functional groups attached to an aromatic ring is 1. The average Bonchev–Trinajstić information content (AvgIpc) is 2.85. The van der Waals surface area contributed by atoms with E-state index in [4.69, 9.17) is 5.73 Å². The van der Waals surface area contributed by atoms with Crippen LogP contribution >= 0.6 is 15.9 Å². The molecule has 2 aromatic rings. The molecule has 0 radical (unpaired) electrons. The minimum Gasteiger partial charge on any atom is -0.369 e. The maximum atomic E-state index is 6.02. The van der Waals surface area contributed by atoms with Crippen molar-refractivity contribution in [2.45, 2.75) is 32.7 Å². The second-order valence-electron chi connectivity index (χ2n) is 5.25. The van der Waals surface area contributed by atoms with Crippen molar-refractivity contribution in [3.05, 3.63) is 16.7 Å². The molecule has 2 unspecified atom stereocenters. The van der Waals surface area contributed by atoms with E-state index in [-0.39, 0.29) is 0 Å². The average molecular weight is 309 g/mol. The summed E-state index contributed by atoms with van der Waals surface area (Å²) in [6.45, 7) is 3.27. The lowest BCUT2D eigenvalue weighted by Crippen LogP contribution is -2.15. The fourth-order valence-corrected chi connectivity index (χ4v) is 3.23. The molecule has 0 saturated heterocycles. The summed E-state index contributed by atoms with van der Waals surface area (Å²) in [4.78, 5) is 8.83. The third kappa shape index (κ3) is 2.00. The Labute approximate surface area is 115 Å². The van der Waals surface area contributed by atoms with E-state index >= 15 is 0 Å². The number of anilines is 1. The van der Waals surface area contributed by atoms with Crippen LogP contribution in [0.3, 0.4) is 0 Å². The minimum atomic E-state index is 0.578. The molecule has 0 amide bonds. The molecular formula is C13H17BrN4. The lowest BCUT2D eigenvalue weighted by atomic mass is 9.98. The molecule has 0 spiro atoms. The van der Waals surface area contributed by atoms with E-state index < -0.39 is 0 Å². The van der Waals surface area contributed by atoms with Gasteiger partial charge in [0.25, 0.3) is 0 Å². The molecule has 96 valence electrons. The van der Waals surface area contributed by atoms with Crippen molar-refractivity contribution >= 4 is 33.0 Å². The maximum Gasteiger partial charge on any atom is 0.202 e. The first-order valence-electron chi connectivity index (χ1n) is 6.42. The van der Waals surface area contributed by atoms with Crippen molar-refractivity contribution in [3.63, 3.8) is 0 Å². The number of halogens is 1. The molecule has 3 rings (SSSR count). The Hall–Kier alpha value is -1.10. The van der Waals surface area contributed by atoms with Gasteiger partial charge in [0, 0.05) is 17.2 Å². The molecule has 18 heavy (non-hydrogen) atoms. The largest absolute Gasteiger partial charge is 0.369 e. The Kier molecular flexibility index (Phi) is 3.01. The van der Waals surface area contributed by atoms with Crippen LogP contribution < -0.4 is 5.73 Å². The summed E-state index contributed by atoms with van der Waals surface area (Å²) in [6.07, 6.45) is 5.75. The zero-order chi connectivity index (χ0) is 12.7. The van der Waals surface area contributed by atoms with E-state index in [1.807, 2.05) is 6.07 Å². The Morgan fingerprint density at radius 1 is 1.50 bits per heavy atom. The van der Waals surface area contributed by atoms with E-state index in [0.717, 1.165) is 28.1 Å². The highest BCUT2D eigenvalue weighted by molar-refractivity contribution is 9.10. The molecule has 5 heteroatoms. The number of hydrogen-bond donors (Lipinski definition) is 1. The summed E-state index contributed by atoms with van der Waals surface area (Å²) in [5, 5.41) is 0. The molecule has 1 aliphatic rings. The van der Waals surface area contributed by atoms with Gasteiger partial charge >= 0.3 is 0 Å². The van der Waals surface area contributed by atoms with Crippen molar-refractivity contribution < 1.29 is 0 Å². The van der Waals surface area contributed by atoms with Gasteiger partial charge in [0.05, 0.1) is 0 Å². The number of nitrogens with zero attached hydrogens (tertiary/aromatic N) is 3. The molecular weight excluding hydrogens is 292 g/mol. The second-order valence-corrected chi connectivity index (χ2v) is 6.16. The van der Waals surface area contributed by atoms with Crippen molar-refractivity contribution in [2.24, 2.45) is 11.8 Å². The standard InChI is InChI=1S/C13H17BrN4/c1-8-3-2-4-9(8)7-18-12-11(17-13(18)15)5-10(14)6-16-12/h5-6,8-9H,2-4,7H2,1H3,(H2,15,17). The summed E-state index contributed by atoms with van der Waals surface area (Å²) in [6, 6.07) is 1.97. The van der Waals surface area contributed by atoms with Crippen LogP contribution in [0.4, 0.5) is 5.95 Å². The minimum absolute atomic E-state index is 0.578. The predicted octanol–water partition coefficient (Wildman–Crippen LogP) is 3.21. The SMILES string of the molecule is CC1CCCC1Cn1c(N)nc2cc(Br)cnc21. The van der Waals surface area contributed by atoms with Crippen molar-refractivity contribution in [3.8, 4) is 0 Å². The van der Waals surface area contributed by atoms with Gasteiger partial charge in [-0.1, -0.05) is 19.8 Å². The fourth-order valence-electron chi connectivity index (χ4n) is 2.91. The van der Waals surface area contributed by atoms with E-state index in [1.165, 1.54) is 19.3 Å². The Balaban J connectivity index is 1.98. The number of rotatable bonds is 2. The predicted molar refractivity (Wildman–Crippen MR) is 76.1 cm³/mol. The summed E-state index contributed by atoms with van der Waals surface area (Å²) >= 11 is 3.41. The Morgan fingerprint density at radius 2 is 2.33 bits per heavy atom. The number of hydrogen-bond acceptors (Lipinski definition) is 3. The zero-order valence-corrected chi connectivity index (χ0v) is 12.0. The number of aromatic nitrogens is 3. The molecule has 1 fully saturated rings. The molecule has 4 nitrogen and oxygen atoms in total. The monoisotopic (exact) mass is 308 g/mol. The lowest BCUT2D eigenvalue weighted by Gasteiger charge is -2.16. The zero-order valence-electron chi connectivity index (χ0n) is 10.4. The lowest BCUT2D eigenvalue weighted by molar-refractivity contribution is 0.369. The van der Waals surface area contributed by atoms with Gasteiger partial charge in [-0.3, -0.25) is 4.57 Å². The summed E-state index contributed by atoms with van der Waals surface area (Å²) < 4.78 is 3.00. The van der Waals surface area contributed by atoms with Gasteiger partial charge in [0.15, 0.2) is 5.65 Å². The van der Waals surface area contributed by atoms with Crippen molar-refractivity contribution in [1.29, 1.82) is 0 Å². The van der Waals surface area contributed by atoms with Crippen LogP contribution in [-0.4, -0.2) is 14.5 Å². The van der Waals surface area contributed by atoms with Crippen LogP contribution in [0.15, 0.2) is 16.7 Å². The Morgan fingerprint density at radius 3 is 3.06 bits per heavy atom. The van der Waals surface area contributed by atoms with Gasteiger partial charge < -0.3 is 5.73 Å². The van der Waals surface area contributed by atoms with Crippen molar-refractivity contribution in [2.75, 3.05) is 5.73 Å². The van der Waals surface area contributed by atoms with Gasteiger partial charge in [-0.05, 0) is 40.3 Å². The summed E-state index contributed by atoms with van der Waals surface area (Å²) in [7, 11) is 0. The quantitative estimate of drug-likeness (QED) is 0.926. The molecule has 0 aromatic carbocycles. The highest BCUT2D eigenvalue weighted by Crippen LogP contribution is 2.33. The van der Waals surface area contributed by atoms with Gasteiger partial charge in [0.2, 0.25) is 5.95 Å². The van der Waals surface area contributed by atoms with E-state index in [2.05, 4.69) is 37.4 Å². The van der Waals surface area contributed by atoms with Gasteiger partial charge in [-0.15, -0.1) is 0 Å². The van der Waals surface area contributed by atoms with Gasteiger partial charge in [-0.25, -0.2) is 9.97 Å². The molecule has 0 aliphatic heterocycles. The summed E-state index contributed by atoms with van der Waals surface area (Å²) in [5.41, 5.74) is 7.79. The molecule has 2 aromatic heterocycles. The van der Waals surface area contributed by atoms with Gasteiger partial charge in [-0.2, -0.15) is 0 Å². The van der Waals surface area contributed by atoms with Crippen LogP contribution in [-0.2, 0) is 6.54 Å². The smallest absolute Gasteiger partial charge is 0.202 e. The van der Waals surface area contributed by atoms with Crippen LogP contribution in [0.2, 0.25) is 0 Å². The maximum absolute atomic E-state index is 6.02. The second kappa shape index (κ2) is 4.53. The molecule has 0 bridgehead atoms. The molecule has 2 N–H and O–H groups in total. The summed E-state index contributed by atoms with van der Waals surface area (Å²) in [5.74, 6) is 2.06. The molecule has 2 heterocycles. The Bertz CT molecular complexity index is 578. The third-order valence-corrected chi connectivity index (χ3v) is 4.47. The first kappa shape index (κ1) is 12.0. The van der Waals surface area contributed by atoms with Crippen LogP contribution in [0, 0.1) is 11.8 Å². The van der Waals surface area contributed by atoms with E-state index in [0.29, 0.717) is 11.9 Å². The normalized spacial score (nSPS) is 23.9. The molecule has 1 saturated carbocycles. The van der Waals surface area contributed by atoms with Crippen LogP contribution in [0.25, 0.3) is 11.2 Å². The number of fused-ring (bicyclic) bond motifs is 1. The first-order chi connectivity index (χ1) is 8.65. The first-order valence-corrected chi connectivity index (χ1v) is 7.21. The fraction of sp³-hybridized carbons (Fsp3) is 0.538. The molecule has 1 aliphatic carbocycles. The topological polar surface area (TPSA) is 56.7 Å². The number of nitrogens with two attached hydrogens (primary N) is 1. The van der Waals surface area contributed by atoms with E-state index in [1.54, 1.807) is 6.20 Å². The molecule has 2 atom stereocenters. The van der Waals surface area contributed by atoms with Crippen LogP contribution in [0.1, 0.15) is 26.2 Å². The van der Waals surface area contributed by atoms with E-state index in [9.17, 15) is 0 Å². The highest BCUT2D eigenvalue weighted by Gasteiger charge is 2.25. The third-order valence-electron chi connectivity index (χ3n) is 4.04. The van der Waals surface area contributed by atoms with Crippen molar-refractivity contribution in [1.82, 2.24) is 14.5 Å². The highest BCUT2D eigenvalue weighted by atomic mass is 79.9.